The van der Waals surface area contributed by atoms with Crippen LogP contribution in [-0.2, 0) is 4.79 Å². The average Bonchev–Trinajstić information content (AvgIpc) is 2.43. The molecule has 0 aliphatic heterocycles. The lowest BCUT2D eigenvalue weighted by Crippen LogP contribution is -2.38. The summed E-state index contributed by atoms with van der Waals surface area (Å²) in [6, 6.07) is 0.368. The fourth-order valence-electron chi connectivity index (χ4n) is 2.37. The molecule has 0 radical (unpaired) electrons. The van der Waals surface area contributed by atoms with Crippen LogP contribution in [0.3, 0.4) is 0 Å². The van der Waals surface area contributed by atoms with Crippen molar-refractivity contribution in [1.29, 1.82) is 0 Å². The molecule has 20 heavy (non-hydrogen) atoms. The fraction of sp³-hybridized carbons (Fsp3) is 0.941. The van der Waals surface area contributed by atoms with Gasteiger partial charge in [0.1, 0.15) is 0 Å². The quantitative estimate of drug-likeness (QED) is 0.473. The van der Waals surface area contributed by atoms with E-state index >= 15 is 0 Å². The topological polar surface area (TPSA) is 41.1 Å². The molecule has 0 heterocycles. The SMILES string of the molecule is CCCCCCCCCCCC(=O)NCC(C)NCC. The predicted molar refractivity (Wildman–Crippen MR) is 88.0 cm³/mol. The van der Waals surface area contributed by atoms with E-state index in [0.29, 0.717) is 12.5 Å². The maximum absolute atomic E-state index is 11.6. The zero-order valence-corrected chi connectivity index (χ0v) is 14.0. The summed E-state index contributed by atoms with van der Waals surface area (Å²) < 4.78 is 0. The lowest BCUT2D eigenvalue weighted by Gasteiger charge is -2.13. The van der Waals surface area contributed by atoms with Gasteiger partial charge in [0, 0.05) is 19.0 Å². The highest BCUT2D eigenvalue weighted by molar-refractivity contribution is 5.75. The lowest BCUT2D eigenvalue weighted by molar-refractivity contribution is -0.121. The molecule has 1 atom stereocenters. The Hall–Kier alpha value is -0.570. The molecular formula is C17H36N2O. The third-order valence-corrected chi connectivity index (χ3v) is 3.67. The van der Waals surface area contributed by atoms with Crippen molar-refractivity contribution in [1.82, 2.24) is 10.6 Å². The highest BCUT2D eigenvalue weighted by Crippen LogP contribution is 2.10. The molecule has 3 heteroatoms. The van der Waals surface area contributed by atoms with Crippen LogP contribution in [0, 0.1) is 0 Å². The highest BCUT2D eigenvalue weighted by atomic mass is 16.1. The van der Waals surface area contributed by atoms with Gasteiger partial charge in [-0.15, -0.1) is 0 Å². The summed E-state index contributed by atoms with van der Waals surface area (Å²) in [7, 11) is 0. The minimum absolute atomic E-state index is 0.206. The van der Waals surface area contributed by atoms with Gasteiger partial charge in [-0.2, -0.15) is 0 Å². The molecule has 0 saturated heterocycles. The predicted octanol–water partition coefficient (Wildman–Crippen LogP) is 4.02. The first-order valence-corrected chi connectivity index (χ1v) is 8.70. The van der Waals surface area contributed by atoms with Crippen LogP contribution in [0.5, 0.6) is 0 Å². The van der Waals surface area contributed by atoms with E-state index in [1.54, 1.807) is 0 Å². The molecule has 0 saturated carbocycles. The van der Waals surface area contributed by atoms with E-state index < -0.39 is 0 Å². The lowest BCUT2D eigenvalue weighted by atomic mass is 10.1. The number of rotatable bonds is 14. The molecule has 0 fully saturated rings. The zero-order chi connectivity index (χ0) is 15.1. The minimum Gasteiger partial charge on any atom is -0.355 e. The second-order valence-corrected chi connectivity index (χ2v) is 5.84. The van der Waals surface area contributed by atoms with Gasteiger partial charge in [0.05, 0.1) is 0 Å². The van der Waals surface area contributed by atoms with Crippen molar-refractivity contribution in [2.24, 2.45) is 0 Å². The number of hydrogen-bond acceptors (Lipinski definition) is 2. The van der Waals surface area contributed by atoms with Crippen molar-refractivity contribution < 1.29 is 4.79 Å². The second kappa shape index (κ2) is 14.8. The van der Waals surface area contributed by atoms with Gasteiger partial charge in [0.15, 0.2) is 0 Å². The maximum atomic E-state index is 11.6. The summed E-state index contributed by atoms with van der Waals surface area (Å²) in [5, 5.41) is 6.28. The van der Waals surface area contributed by atoms with Crippen LogP contribution in [0.4, 0.5) is 0 Å². The first-order valence-electron chi connectivity index (χ1n) is 8.70. The largest absolute Gasteiger partial charge is 0.355 e. The van der Waals surface area contributed by atoms with Crippen molar-refractivity contribution in [2.75, 3.05) is 13.1 Å². The minimum atomic E-state index is 0.206. The summed E-state index contributed by atoms with van der Waals surface area (Å²) >= 11 is 0. The van der Waals surface area contributed by atoms with Crippen molar-refractivity contribution in [3.05, 3.63) is 0 Å². The van der Waals surface area contributed by atoms with Gasteiger partial charge in [0.25, 0.3) is 0 Å². The standard InChI is InChI=1S/C17H36N2O/c1-4-6-7-8-9-10-11-12-13-14-17(20)19-15-16(3)18-5-2/h16,18H,4-15H2,1-3H3,(H,19,20). The van der Waals surface area contributed by atoms with Crippen molar-refractivity contribution in [3.63, 3.8) is 0 Å². The number of amides is 1. The van der Waals surface area contributed by atoms with Gasteiger partial charge in [-0.1, -0.05) is 65.2 Å². The molecule has 0 spiro atoms. The van der Waals surface area contributed by atoms with Crippen molar-refractivity contribution in [2.45, 2.75) is 91.0 Å². The Bertz CT molecular complexity index is 219. The molecule has 2 N–H and O–H groups in total. The van der Waals surface area contributed by atoms with E-state index in [4.69, 9.17) is 0 Å². The van der Waals surface area contributed by atoms with Gasteiger partial charge in [-0.3, -0.25) is 4.79 Å². The van der Waals surface area contributed by atoms with Crippen LogP contribution in [0.15, 0.2) is 0 Å². The smallest absolute Gasteiger partial charge is 0.220 e. The van der Waals surface area contributed by atoms with Gasteiger partial charge < -0.3 is 10.6 Å². The number of nitrogens with one attached hydrogen (secondary N) is 2. The van der Waals surface area contributed by atoms with E-state index in [-0.39, 0.29) is 5.91 Å². The Morgan fingerprint density at radius 1 is 0.900 bits per heavy atom. The number of hydrogen-bond donors (Lipinski definition) is 2. The summed E-state index contributed by atoms with van der Waals surface area (Å²) in [4.78, 5) is 11.6. The summed E-state index contributed by atoms with van der Waals surface area (Å²) in [5.41, 5.74) is 0. The summed E-state index contributed by atoms with van der Waals surface area (Å²) in [6.07, 6.45) is 12.4. The Morgan fingerprint density at radius 3 is 2.00 bits per heavy atom. The van der Waals surface area contributed by atoms with Crippen molar-refractivity contribution >= 4 is 5.91 Å². The molecule has 120 valence electrons. The van der Waals surface area contributed by atoms with Crippen LogP contribution in [0.25, 0.3) is 0 Å². The first-order chi connectivity index (χ1) is 9.70. The Balaban J connectivity index is 3.23. The van der Waals surface area contributed by atoms with E-state index in [1.807, 2.05) is 0 Å². The number of carbonyl (C=O) groups is 1. The van der Waals surface area contributed by atoms with Gasteiger partial charge >= 0.3 is 0 Å². The maximum Gasteiger partial charge on any atom is 0.220 e. The van der Waals surface area contributed by atoms with Crippen LogP contribution in [0.1, 0.15) is 85.0 Å². The van der Waals surface area contributed by atoms with Crippen LogP contribution in [-0.4, -0.2) is 25.0 Å². The molecule has 0 bridgehead atoms. The van der Waals surface area contributed by atoms with Crippen LogP contribution >= 0.6 is 0 Å². The van der Waals surface area contributed by atoms with Crippen LogP contribution < -0.4 is 10.6 Å². The summed E-state index contributed by atoms with van der Waals surface area (Å²) in [6.45, 7) is 8.13. The molecule has 0 aromatic rings. The highest BCUT2D eigenvalue weighted by Gasteiger charge is 2.03. The molecule has 1 unspecified atom stereocenters. The molecule has 0 rings (SSSR count). The third-order valence-electron chi connectivity index (χ3n) is 3.67. The zero-order valence-electron chi connectivity index (χ0n) is 14.0. The van der Waals surface area contributed by atoms with Gasteiger partial charge in [-0.25, -0.2) is 0 Å². The molecule has 0 aromatic carbocycles. The van der Waals surface area contributed by atoms with E-state index in [2.05, 4.69) is 31.4 Å². The number of likely N-dealkylation sites (N-methyl/N-ethyl adjacent to an activating group) is 1. The molecule has 0 aliphatic carbocycles. The normalized spacial score (nSPS) is 12.3. The van der Waals surface area contributed by atoms with E-state index in [0.717, 1.165) is 19.5 Å². The average molecular weight is 284 g/mol. The second-order valence-electron chi connectivity index (χ2n) is 5.84. The fourth-order valence-corrected chi connectivity index (χ4v) is 2.37. The summed E-state index contributed by atoms with van der Waals surface area (Å²) in [5.74, 6) is 0.206. The Labute approximate surface area is 126 Å². The molecule has 0 aromatic heterocycles. The Morgan fingerprint density at radius 2 is 1.45 bits per heavy atom. The number of carbonyl (C=O) groups excluding carboxylic acids is 1. The number of unbranched alkanes of at least 4 members (excludes halogenated alkanes) is 8. The van der Waals surface area contributed by atoms with Crippen molar-refractivity contribution in [3.8, 4) is 0 Å². The van der Waals surface area contributed by atoms with E-state index in [9.17, 15) is 4.79 Å². The molecule has 1 amide bonds. The first kappa shape index (κ1) is 19.4. The monoisotopic (exact) mass is 284 g/mol. The van der Waals surface area contributed by atoms with Gasteiger partial charge in [0.2, 0.25) is 5.91 Å². The third kappa shape index (κ3) is 13.9. The Kier molecular flexibility index (Phi) is 14.4. The molecule has 3 nitrogen and oxygen atoms in total. The van der Waals surface area contributed by atoms with E-state index in [1.165, 1.54) is 51.4 Å². The molecule has 0 aliphatic rings. The molecular weight excluding hydrogens is 248 g/mol. The van der Waals surface area contributed by atoms with Gasteiger partial charge in [-0.05, 0) is 19.9 Å². The van der Waals surface area contributed by atoms with Crippen LogP contribution in [0.2, 0.25) is 0 Å².